The van der Waals surface area contributed by atoms with Gasteiger partial charge in [0, 0.05) is 6.54 Å². The Kier molecular flexibility index (Phi) is 19.2. The van der Waals surface area contributed by atoms with E-state index in [2.05, 4.69) is 18.9 Å². The fraction of sp³-hybridized carbons (Fsp3) is 1.00. The Morgan fingerprint density at radius 2 is 0.958 bits per heavy atom. The van der Waals surface area contributed by atoms with E-state index in [1.807, 2.05) is 6.92 Å². The molecule has 0 saturated carbocycles. The molecule has 1 atom stereocenters. The van der Waals surface area contributed by atoms with Gasteiger partial charge in [-0.15, -0.1) is 0 Å². The van der Waals surface area contributed by atoms with Gasteiger partial charge < -0.3 is 10.0 Å². The largest absolute Gasteiger partial charge is 0.392 e. The average Bonchev–Trinajstić information content (AvgIpc) is 2.53. The van der Waals surface area contributed by atoms with Crippen molar-refractivity contribution in [2.45, 2.75) is 123 Å². The summed E-state index contributed by atoms with van der Waals surface area (Å²) in [7, 11) is 2.11. The van der Waals surface area contributed by atoms with Crippen molar-refractivity contribution in [1.29, 1.82) is 0 Å². The molecular weight excluding hydrogens is 294 g/mol. The van der Waals surface area contributed by atoms with E-state index in [9.17, 15) is 5.11 Å². The summed E-state index contributed by atoms with van der Waals surface area (Å²) in [6.07, 6.45) is 22.6. The second-order valence-electron chi connectivity index (χ2n) is 7.91. The summed E-state index contributed by atoms with van der Waals surface area (Å²) >= 11 is 0. The second kappa shape index (κ2) is 19.2. The lowest BCUT2D eigenvalue weighted by molar-refractivity contribution is 0.140. The highest BCUT2D eigenvalue weighted by atomic mass is 16.3. The lowest BCUT2D eigenvalue weighted by atomic mass is 10.0. The van der Waals surface area contributed by atoms with Crippen LogP contribution in [0.1, 0.15) is 117 Å². The van der Waals surface area contributed by atoms with Crippen molar-refractivity contribution < 1.29 is 5.11 Å². The summed E-state index contributed by atoms with van der Waals surface area (Å²) < 4.78 is 0. The van der Waals surface area contributed by atoms with Crippen LogP contribution in [0.15, 0.2) is 0 Å². The van der Waals surface area contributed by atoms with E-state index in [0.717, 1.165) is 13.1 Å². The van der Waals surface area contributed by atoms with Gasteiger partial charge in [0.2, 0.25) is 0 Å². The van der Waals surface area contributed by atoms with Gasteiger partial charge in [0.15, 0.2) is 0 Å². The molecule has 0 aliphatic carbocycles. The number of nitrogens with zero attached hydrogens (tertiary/aromatic N) is 1. The highest BCUT2D eigenvalue weighted by Crippen LogP contribution is 2.13. The smallest absolute Gasteiger partial charge is 0.0638 e. The molecule has 0 heterocycles. The number of aliphatic hydroxyl groups excluding tert-OH is 1. The van der Waals surface area contributed by atoms with Crippen molar-refractivity contribution in [1.82, 2.24) is 4.90 Å². The first kappa shape index (κ1) is 23.9. The first-order chi connectivity index (χ1) is 11.7. The van der Waals surface area contributed by atoms with E-state index in [1.165, 1.54) is 103 Å². The van der Waals surface area contributed by atoms with E-state index in [0.29, 0.717) is 0 Å². The number of unbranched alkanes of at least 4 members (excludes halogenated alkanes) is 15. The molecule has 2 heteroatoms. The molecule has 0 aromatic heterocycles. The van der Waals surface area contributed by atoms with E-state index in [4.69, 9.17) is 0 Å². The molecule has 0 bridgehead atoms. The Bertz CT molecular complexity index is 230. The Hall–Kier alpha value is -0.0800. The first-order valence-corrected chi connectivity index (χ1v) is 11.0. The number of aliphatic hydroxyl groups is 1. The fourth-order valence-corrected chi connectivity index (χ4v) is 3.47. The quantitative estimate of drug-likeness (QED) is 0.269. The van der Waals surface area contributed by atoms with E-state index in [1.54, 1.807) is 0 Å². The Balaban J connectivity index is 3.05. The minimum atomic E-state index is -0.198. The van der Waals surface area contributed by atoms with Gasteiger partial charge in [0.05, 0.1) is 6.10 Å². The van der Waals surface area contributed by atoms with Crippen LogP contribution in [0.2, 0.25) is 0 Å². The molecule has 1 unspecified atom stereocenters. The minimum Gasteiger partial charge on any atom is -0.392 e. The molecule has 0 saturated heterocycles. The molecule has 0 aromatic carbocycles. The molecule has 0 aliphatic rings. The van der Waals surface area contributed by atoms with Crippen molar-refractivity contribution in [3.8, 4) is 0 Å². The lowest BCUT2D eigenvalue weighted by Crippen LogP contribution is -2.28. The molecule has 1 N–H and O–H groups in total. The van der Waals surface area contributed by atoms with Gasteiger partial charge in [-0.1, -0.05) is 103 Å². The third-order valence-corrected chi connectivity index (χ3v) is 4.97. The van der Waals surface area contributed by atoms with Gasteiger partial charge in [-0.05, 0) is 26.9 Å². The monoisotopic (exact) mass is 341 g/mol. The Labute approximate surface area is 153 Å². The van der Waals surface area contributed by atoms with Gasteiger partial charge in [-0.3, -0.25) is 0 Å². The van der Waals surface area contributed by atoms with Crippen molar-refractivity contribution in [3.63, 3.8) is 0 Å². The number of rotatable bonds is 19. The molecule has 146 valence electrons. The van der Waals surface area contributed by atoms with E-state index < -0.39 is 0 Å². The predicted octanol–water partition coefficient (Wildman–Crippen LogP) is 6.56. The highest BCUT2D eigenvalue weighted by molar-refractivity contribution is 4.56. The molecule has 0 spiro atoms. The maximum absolute atomic E-state index is 9.32. The maximum atomic E-state index is 9.32. The lowest BCUT2D eigenvalue weighted by Gasteiger charge is -2.17. The fourth-order valence-electron chi connectivity index (χ4n) is 3.47. The van der Waals surface area contributed by atoms with Gasteiger partial charge in [-0.25, -0.2) is 0 Å². The highest BCUT2D eigenvalue weighted by Gasteiger charge is 2.02. The summed E-state index contributed by atoms with van der Waals surface area (Å²) in [4.78, 5) is 2.24. The standard InChI is InChI=1S/C22H47NO/c1-4-5-6-7-8-9-10-11-12-13-14-15-16-17-18-19-20-23(3)21-22(2)24/h22,24H,4-21H2,1-3H3. The predicted molar refractivity (Wildman–Crippen MR) is 109 cm³/mol. The Morgan fingerprint density at radius 1 is 0.625 bits per heavy atom. The maximum Gasteiger partial charge on any atom is 0.0638 e. The summed E-state index contributed by atoms with van der Waals surface area (Å²) in [5.41, 5.74) is 0. The zero-order chi connectivity index (χ0) is 17.9. The normalized spacial score (nSPS) is 12.9. The van der Waals surface area contributed by atoms with Crippen LogP contribution in [0.4, 0.5) is 0 Å². The summed E-state index contributed by atoms with van der Waals surface area (Å²) in [6.45, 7) is 6.09. The van der Waals surface area contributed by atoms with E-state index >= 15 is 0 Å². The van der Waals surface area contributed by atoms with Crippen LogP contribution in [0.5, 0.6) is 0 Å². The molecule has 24 heavy (non-hydrogen) atoms. The molecule has 0 amide bonds. The molecule has 0 fully saturated rings. The van der Waals surface area contributed by atoms with Crippen LogP contribution in [-0.4, -0.2) is 36.2 Å². The molecule has 0 aromatic rings. The van der Waals surface area contributed by atoms with Crippen LogP contribution in [0.3, 0.4) is 0 Å². The summed E-state index contributed by atoms with van der Waals surface area (Å²) in [6, 6.07) is 0. The van der Waals surface area contributed by atoms with Crippen molar-refractivity contribution >= 4 is 0 Å². The number of hydrogen-bond donors (Lipinski definition) is 1. The Morgan fingerprint density at radius 3 is 1.29 bits per heavy atom. The van der Waals surface area contributed by atoms with Crippen molar-refractivity contribution in [2.24, 2.45) is 0 Å². The third kappa shape index (κ3) is 20.0. The van der Waals surface area contributed by atoms with Gasteiger partial charge in [0.1, 0.15) is 0 Å². The molecule has 0 rings (SSSR count). The van der Waals surface area contributed by atoms with Gasteiger partial charge in [0.25, 0.3) is 0 Å². The summed E-state index contributed by atoms with van der Waals surface area (Å²) in [5, 5.41) is 9.32. The van der Waals surface area contributed by atoms with Crippen LogP contribution in [-0.2, 0) is 0 Å². The molecule has 0 radical (unpaired) electrons. The van der Waals surface area contributed by atoms with E-state index in [-0.39, 0.29) is 6.10 Å². The van der Waals surface area contributed by atoms with Gasteiger partial charge >= 0.3 is 0 Å². The second-order valence-corrected chi connectivity index (χ2v) is 7.91. The SMILES string of the molecule is CCCCCCCCCCCCCCCCCCN(C)CC(C)O. The zero-order valence-electron chi connectivity index (χ0n) is 17.2. The summed E-state index contributed by atoms with van der Waals surface area (Å²) in [5.74, 6) is 0. The number of hydrogen-bond acceptors (Lipinski definition) is 2. The molecule has 0 aliphatic heterocycles. The molecule has 2 nitrogen and oxygen atoms in total. The van der Waals surface area contributed by atoms with Crippen molar-refractivity contribution in [3.05, 3.63) is 0 Å². The van der Waals surface area contributed by atoms with Crippen molar-refractivity contribution in [2.75, 3.05) is 20.1 Å². The van der Waals surface area contributed by atoms with Crippen LogP contribution < -0.4 is 0 Å². The first-order valence-electron chi connectivity index (χ1n) is 11.0. The minimum absolute atomic E-state index is 0.198. The number of likely N-dealkylation sites (N-methyl/N-ethyl adjacent to an activating group) is 1. The topological polar surface area (TPSA) is 23.5 Å². The average molecular weight is 342 g/mol. The third-order valence-electron chi connectivity index (χ3n) is 4.97. The van der Waals surface area contributed by atoms with Gasteiger partial charge in [-0.2, -0.15) is 0 Å². The molecular formula is C22H47NO. The van der Waals surface area contributed by atoms with Crippen LogP contribution >= 0.6 is 0 Å². The van der Waals surface area contributed by atoms with Crippen LogP contribution in [0, 0.1) is 0 Å². The van der Waals surface area contributed by atoms with Crippen LogP contribution in [0.25, 0.3) is 0 Å². The zero-order valence-corrected chi connectivity index (χ0v) is 17.2.